The molecule has 33 heavy (non-hydrogen) atoms. The summed E-state index contributed by atoms with van der Waals surface area (Å²) in [5, 5.41) is 5.09. The molecule has 1 N–H and O–H groups in total. The molecule has 1 aliphatic carbocycles. The molecule has 3 aromatic rings. The molecule has 5 rings (SSSR count). The van der Waals surface area contributed by atoms with Crippen molar-refractivity contribution in [2.45, 2.75) is 24.8 Å². The average Bonchev–Trinajstić information content (AvgIpc) is 3.52. The molecule has 1 saturated carbocycles. The summed E-state index contributed by atoms with van der Waals surface area (Å²) in [5.74, 6) is 1.10. The molecular weight excluding hydrogens is 434 g/mol. The Labute approximate surface area is 197 Å². The normalized spacial score (nSPS) is 20.8. The van der Waals surface area contributed by atoms with Crippen LogP contribution in [0.15, 0.2) is 76.8 Å². The Hall–Kier alpha value is -3.16. The van der Waals surface area contributed by atoms with E-state index >= 15 is 0 Å². The van der Waals surface area contributed by atoms with E-state index < -0.39 is 0 Å². The number of carbonyl (C=O) groups excluding carboxylic acids is 1. The fourth-order valence-electron chi connectivity index (χ4n) is 3.96. The van der Waals surface area contributed by atoms with Gasteiger partial charge in [-0.05, 0) is 53.9 Å². The van der Waals surface area contributed by atoms with Gasteiger partial charge in [0.2, 0.25) is 0 Å². The van der Waals surface area contributed by atoms with Gasteiger partial charge in [-0.1, -0.05) is 42.5 Å². The Morgan fingerprint density at radius 3 is 2.88 bits per heavy atom. The van der Waals surface area contributed by atoms with E-state index in [0.29, 0.717) is 41.7 Å². The lowest BCUT2D eigenvalue weighted by molar-refractivity contribution is -0.113. The molecule has 2 aromatic carbocycles. The molecular formula is C26H25N3O3S. The van der Waals surface area contributed by atoms with E-state index in [1.807, 2.05) is 30.3 Å². The molecule has 1 aliphatic heterocycles. The number of nitrogens with one attached hydrogen (secondary N) is 1. The van der Waals surface area contributed by atoms with Gasteiger partial charge in [0.05, 0.1) is 17.0 Å². The Balaban J connectivity index is 1.22. The maximum absolute atomic E-state index is 12.4. The molecule has 0 unspecified atom stereocenters. The highest BCUT2D eigenvalue weighted by atomic mass is 32.2. The van der Waals surface area contributed by atoms with Crippen molar-refractivity contribution in [3.63, 3.8) is 0 Å². The number of benzene rings is 2. The predicted molar refractivity (Wildman–Crippen MR) is 132 cm³/mol. The molecule has 2 aliphatic rings. The minimum atomic E-state index is -0.176. The molecule has 0 spiro atoms. The number of amides is 1. The van der Waals surface area contributed by atoms with E-state index in [-0.39, 0.29) is 5.91 Å². The number of thioether (sulfide) groups is 1. The number of amidine groups is 1. The number of aliphatic imine (C=N–C) groups is 1. The molecule has 168 valence electrons. The third-order valence-corrected chi connectivity index (χ3v) is 6.75. The number of fused-ring (bicyclic) bond motifs is 1. The van der Waals surface area contributed by atoms with Gasteiger partial charge in [-0.2, -0.15) is 4.99 Å². The summed E-state index contributed by atoms with van der Waals surface area (Å²) in [6, 6.07) is 18.8. The first-order valence-corrected chi connectivity index (χ1v) is 11.8. The van der Waals surface area contributed by atoms with Crippen LogP contribution >= 0.6 is 11.8 Å². The van der Waals surface area contributed by atoms with E-state index in [0.717, 1.165) is 28.6 Å². The standard InChI is InChI=1S/C26H25N3O3S/c1-31-13-14-32-23-11-12-27-21-9-7-17(15-20(21)23)8-10-24-25(30)29-26(33-24)28-22-16-19(22)18-5-3-2-4-6-18/h2-7,9-12,15,19,22H,8,13-14,16H2,1H3,(H,28,29,30)/b24-10-/t19-,22+/m0/s1. The molecule has 0 saturated heterocycles. The zero-order chi connectivity index (χ0) is 22.6. The molecule has 7 heteroatoms. The minimum absolute atomic E-state index is 0.176. The van der Waals surface area contributed by atoms with Gasteiger partial charge in [-0.25, -0.2) is 0 Å². The second kappa shape index (κ2) is 9.77. The second-order valence-corrected chi connectivity index (χ2v) is 9.13. The lowest BCUT2D eigenvalue weighted by Gasteiger charge is -2.09. The summed E-state index contributed by atoms with van der Waals surface area (Å²) in [4.78, 5) is 21.7. The summed E-state index contributed by atoms with van der Waals surface area (Å²) in [7, 11) is 1.65. The molecule has 2 atom stereocenters. The van der Waals surface area contributed by atoms with Gasteiger partial charge in [-0.3, -0.25) is 9.78 Å². The quantitative estimate of drug-likeness (QED) is 0.396. The van der Waals surface area contributed by atoms with E-state index in [1.54, 1.807) is 13.3 Å². The van der Waals surface area contributed by atoms with Crippen LogP contribution in [0.25, 0.3) is 10.9 Å². The first-order valence-electron chi connectivity index (χ1n) is 11.0. The van der Waals surface area contributed by atoms with E-state index in [4.69, 9.17) is 9.47 Å². The molecule has 6 nitrogen and oxygen atoms in total. The lowest BCUT2D eigenvalue weighted by atomic mass is 10.1. The number of carbonyl (C=O) groups is 1. The van der Waals surface area contributed by atoms with E-state index in [9.17, 15) is 4.79 Å². The second-order valence-electron chi connectivity index (χ2n) is 8.10. The van der Waals surface area contributed by atoms with Crippen LogP contribution in [0.3, 0.4) is 0 Å². The van der Waals surface area contributed by atoms with Crippen molar-refractivity contribution in [3.8, 4) is 5.75 Å². The zero-order valence-corrected chi connectivity index (χ0v) is 19.2. The number of pyridine rings is 1. The monoisotopic (exact) mass is 459 g/mol. The summed E-state index contributed by atoms with van der Waals surface area (Å²) in [5.41, 5.74) is 3.29. The van der Waals surface area contributed by atoms with Gasteiger partial charge in [0.1, 0.15) is 12.4 Å². The van der Waals surface area contributed by atoms with Crippen LogP contribution in [0.5, 0.6) is 5.75 Å². The highest BCUT2D eigenvalue weighted by Crippen LogP contribution is 2.41. The number of methoxy groups -OCH3 is 1. The van der Waals surface area contributed by atoms with Crippen molar-refractivity contribution >= 4 is 33.7 Å². The number of nitrogens with zero attached hydrogens (tertiary/aromatic N) is 2. The molecule has 2 heterocycles. The Kier molecular flexibility index (Phi) is 6.41. The topological polar surface area (TPSA) is 72.8 Å². The Morgan fingerprint density at radius 2 is 2.03 bits per heavy atom. The number of allylic oxidation sites excluding steroid dienone is 1. The SMILES string of the molecule is COCCOc1ccnc2ccc(C/C=C3\SC(N[C@@H]4C[C@H]4c4ccccc4)=NC3=O)cc12. The molecule has 0 radical (unpaired) electrons. The maximum atomic E-state index is 12.4. The van der Waals surface area contributed by atoms with Crippen LogP contribution in [0, 0.1) is 0 Å². The van der Waals surface area contributed by atoms with Gasteiger partial charge >= 0.3 is 0 Å². The summed E-state index contributed by atoms with van der Waals surface area (Å²) in [6.07, 6.45) is 5.40. The van der Waals surface area contributed by atoms with E-state index in [1.165, 1.54) is 17.3 Å². The van der Waals surface area contributed by atoms with Crippen LogP contribution < -0.4 is 10.1 Å². The summed E-state index contributed by atoms with van der Waals surface area (Å²) >= 11 is 1.42. The largest absolute Gasteiger partial charge is 0.490 e. The summed E-state index contributed by atoms with van der Waals surface area (Å²) < 4.78 is 10.9. The molecule has 1 fully saturated rings. The van der Waals surface area contributed by atoms with Crippen LogP contribution in [0.1, 0.15) is 23.5 Å². The number of ether oxygens (including phenoxy) is 2. The van der Waals surface area contributed by atoms with Crippen molar-refractivity contribution in [1.29, 1.82) is 0 Å². The first kappa shape index (κ1) is 21.7. The highest BCUT2D eigenvalue weighted by molar-refractivity contribution is 8.18. The van der Waals surface area contributed by atoms with Gasteiger partial charge in [0, 0.05) is 30.7 Å². The third-order valence-electron chi connectivity index (χ3n) is 5.78. The zero-order valence-electron chi connectivity index (χ0n) is 18.4. The minimum Gasteiger partial charge on any atom is -0.490 e. The number of aromatic nitrogens is 1. The van der Waals surface area contributed by atoms with Crippen molar-refractivity contribution in [3.05, 3.63) is 82.9 Å². The van der Waals surface area contributed by atoms with Gasteiger partial charge < -0.3 is 14.8 Å². The summed E-state index contributed by atoms with van der Waals surface area (Å²) in [6.45, 7) is 1.01. The van der Waals surface area contributed by atoms with Crippen LogP contribution in [-0.4, -0.2) is 42.4 Å². The third kappa shape index (κ3) is 5.10. The van der Waals surface area contributed by atoms with Crippen molar-refractivity contribution < 1.29 is 14.3 Å². The number of hydrogen-bond acceptors (Lipinski definition) is 6. The molecule has 0 bridgehead atoms. The van der Waals surface area contributed by atoms with Gasteiger partial charge in [-0.15, -0.1) is 0 Å². The van der Waals surface area contributed by atoms with Crippen molar-refractivity contribution in [1.82, 2.24) is 10.3 Å². The first-order chi connectivity index (χ1) is 16.2. The van der Waals surface area contributed by atoms with Gasteiger partial charge in [0.25, 0.3) is 5.91 Å². The number of rotatable bonds is 8. The average molecular weight is 460 g/mol. The fourth-order valence-corrected chi connectivity index (χ4v) is 4.80. The number of hydrogen-bond donors (Lipinski definition) is 1. The van der Waals surface area contributed by atoms with Crippen molar-refractivity contribution in [2.24, 2.45) is 4.99 Å². The fraction of sp³-hybridized carbons (Fsp3) is 0.269. The highest BCUT2D eigenvalue weighted by Gasteiger charge is 2.40. The molecule has 1 amide bonds. The maximum Gasteiger partial charge on any atom is 0.285 e. The Bertz CT molecular complexity index is 1230. The van der Waals surface area contributed by atoms with Crippen LogP contribution in [0.4, 0.5) is 0 Å². The van der Waals surface area contributed by atoms with Crippen LogP contribution in [-0.2, 0) is 16.0 Å². The van der Waals surface area contributed by atoms with E-state index in [2.05, 4.69) is 45.6 Å². The Morgan fingerprint density at radius 1 is 1.15 bits per heavy atom. The molecule has 1 aromatic heterocycles. The lowest BCUT2D eigenvalue weighted by Crippen LogP contribution is -2.22. The smallest absolute Gasteiger partial charge is 0.285 e. The predicted octanol–water partition coefficient (Wildman–Crippen LogP) is 4.46. The van der Waals surface area contributed by atoms with Crippen LogP contribution in [0.2, 0.25) is 0 Å². The van der Waals surface area contributed by atoms with Gasteiger partial charge in [0.15, 0.2) is 5.17 Å². The van der Waals surface area contributed by atoms with Crippen molar-refractivity contribution in [2.75, 3.05) is 20.3 Å².